The van der Waals surface area contributed by atoms with Crippen LogP contribution >= 0.6 is 11.1 Å². The highest BCUT2D eigenvalue weighted by molar-refractivity contribution is 7.14. The predicted octanol–water partition coefficient (Wildman–Crippen LogP) is 1.86. The Morgan fingerprint density at radius 2 is 1.78 bits per heavy atom. The highest BCUT2D eigenvalue weighted by Crippen LogP contribution is 2.25. The minimum Gasteiger partial charge on any atom is -0.549 e. The third-order valence-electron chi connectivity index (χ3n) is 3.51. The molecule has 0 amide bonds. The fourth-order valence-corrected chi connectivity index (χ4v) is 3.23. The highest BCUT2D eigenvalue weighted by atomic mass is 32.2. The van der Waals surface area contributed by atoms with Crippen LogP contribution in [0.4, 0.5) is 0 Å². The Balaban J connectivity index is 1.96. The minimum atomic E-state index is -2.00. The molecule has 0 fully saturated rings. The van der Waals surface area contributed by atoms with Crippen molar-refractivity contribution in [2.45, 2.75) is 13.3 Å². The van der Waals surface area contributed by atoms with Gasteiger partial charge in [0.05, 0.1) is 0 Å². The molecule has 3 aromatic rings. The summed E-state index contributed by atoms with van der Waals surface area (Å²) in [7, 11) is 0. The molecule has 1 unspecified atom stereocenters. The van der Waals surface area contributed by atoms with E-state index in [1.165, 1.54) is 17.7 Å². The lowest BCUT2D eigenvalue weighted by Gasteiger charge is -2.07. The average molecular weight is 330 g/mol. The second-order valence-corrected chi connectivity index (χ2v) is 6.33. The van der Waals surface area contributed by atoms with Crippen molar-refractivity contribution in [2.24, 2.45) is 0 Å². The van der Waals surface area contributed by atoms with Crippen molar-refractivity contribution in [3.8, 4) is 11.4 Å². The number of benzene rings is 2. The summed E-state index contributed by atoms with van der Waals surface area (Å²) in [6, 6.07) is 12.7. The first-order chi connectivity index (χ1) is 11.0. The molecule has 0 aliphatic carbocycles. The molecule has 6 nitrogen and oxygen atoms in total. The smallest absolute Gasteiger partial charge is 0.368 e. The van der Waals surface area contributed by atoms with Gasteiger partial charge in [-0.3, -0.25) is 9.59 Å². The van der Waals surface area contributed by atoms with Gasteiger partial charge in [-0.05, 0) is 36.6 Å². The van der Waals surface area contributed by atoms with E-state index in [0.29, 0.717) is 6.42 Å². The summed E-state index contributed by atoms with van der Waals surface area (Å²) in [5.74, 6) is -0.201. The fourth-order valence-electron chi connectivity index (χ4n) is 2.33. The number of phenolic OH excluding ortho intramolecular Hbond substituents is 1. The molecule has 7 heteroatoms. The first-order valence-electron chi connectivity index (χ1n) is 6.90. The molecule has 1 heterocycles. The van der Waals surface area contributed by atoms with E-state index in [0.717, 1.165) is 15.1 Å². The summed E-state index contributed by atoms with van der Waals surface area (Å²) in [5.41, 5.74) is 1.22. The van der Waals surface area contributed by atoms with E-state index >= 15 is 0 Å². The normalized spacial score (nSPS) is 11.7. The minimum absolute atomic E-state index is 0.0411. The Hall–Kier alpha value is -2.64. The van der Waals surface area contributed by atoms with Gasteiger partial charge in [0, 0.05) is 0 Å². The Bertz CT molecular complexity index is 967. The Labute approximate surface area is 134 Å². The fraction of sp³-hybridized carbons (Fsp3) is 0.125. The quantitative estimate of drug-likeness (QED) is 0.565. The molecule has 0 spiro atoms. The molecule has 0 bridgehead atoms. The molecule has 0 radical (unpaired) electrons. The summed E-state index contributed by atoms with van der Waals surface area (Å²) in [6.07, 6.45) is 0.613. The van der Waals surface area contributed by atoms with Crippen molar-refractivity contribution >= 4 is 11.1 Å². The largest absolute Gasteiger partial charge is 0.549 e. The van der Waals surface area contributed by atoms with Gasteiger partial charge in [-0.25, -0.2) is 0 Å². The van der Waals surface area contributed by atoms with Gasteiger partial charge >= 0.3 is 11.1 Å². The maximum atomic E-state index is 11.7. The molecule has 2 N–H and O–H groups in total. The van der Waals surface area contributed by atoms with E-state index in [1.54, 1.807) is 6.07 Å². The van der Waals surface area contributed by atoms with Gasteiger partial charge in [-0.1, -0.05) is 39.9 Å². The summed E-state index contributed by atoms with van der Waals surface area (Å²) >= 11 is -2.00. The predicted molar refractivity (Wildman–Crippen MR) is 87.0 cm³/mol. The summed E-state index contributed by atoms with van der Waals surface area (Å²) in [5, 5.41) is 10.1. The number of nitrogens with one attached hydrogen (secondary N) is 1. The van der Waals surface area contributed by atoms with Crippen LogP contribution in [0.3, 0.4) is 0 Å². The SMILES string of the molecule is Cc1ccc(Cc2ccc(-n3c(=O)c(=O)[nH][s+]3[O-])c(O)c2)cc1. The molecule has 0 aliphatic rings. The number of nitrogens with zero attached hydrogens (tertiary/aromatic N) is 1. The zero-order chi connectivity index (χ0) is 16.6. The van der Waals surface area contributed by atoms with E-state index in [-0.39, 0.29) is 11.4 Å². The van der Waals surface area contributed by atoms with Gasteiger partial charge in [0.1, 0.15) is 22.6 Å². The molecule has 0 aliphatic heterocycles. The number of hydrogen-bond acceptors (Lipinski definition) is 4. The van der Waals surface area contributed by atoms with Crippen molar-refractivity contribution in [1.29, 1.82) is 0 Å². The first-order valence-corrected chi connectivity index (χ1v) is 8.01. The number of rotatable bonds is 3. The van der Waals surface area contributed by atoms with Gasteiger partial charge in [-0.2, -0.15) is 0 Å². The van der Waals surface area contributed by atoms with Gasteiger partial charge in [0.15, 0.2) is 0 Å². The Morgan fingerprint density at radius 3 is 2.35 bits per heavy atom. The zero-order valence-electron chi connectivity index (χ0n) is 12.3. The summed E-state index contributed by atoms with van der Waals surface area (Å²) < 4.78 is 14.5. The van der Waals surface area contributed by atoms with Gasteiger partial charge in [-0.15, -0.1) is 4.37 Å². The summed E-state index contributed by atoms with van der Waals surface area (Å²) in [4.78, 5) is 22.9. The summed E-state index contributed by atoms with van der Waals surface area (Å²) in [6.45, 7) is 2.01. The molecular formula is C16H14N2O4S. The van der Waals surface area contributed by atoms with Crippen LogP contribution in [0.5, 0.6) is 5.75 Å². The van der Waals surface area contributed by atoms with E-state index in [1.807, 2.05) is 35.6 Å². The van der Waals surface area contributed by atoms with Gasteiger partial charge in [0.2, 0.25) is 0 Å². The second-order valence-electron chi connectivity index (χ2n) is 5.27. The second kappa shape index (κ2) is 5.86. The monoisotopic (exact) mass is 330 g/mol. The molecule has 0 saturated carbocycles. The zero-order valence-corrected chi connectivity index (χ0v) is 13.1. The van der Waals surface area contributed by atoms with E-state index < -0.39 is 22.3 Å². The van der Waals surface area contributed by atoms with E-state index in [4.69, 9.17) is 0 Å². The van der Waals surface area contributed by atoms with E-state index in [2.05, 4.69) is 0 Å². The number of aryl methyl sites for hydroxylation is 1. The van der Waals surface area contributed by atoms with Crippen LogP contribution in [0.1, 0.15) is 16.7 Å². The number of phenols is 1. The number of hydrogen-bond donors (Lipinski definition) is 2. The molecule has 118 valence electrons. The van der Waals surface area contributed by atoms with Gasteiger partial charge in [0.25, 0.3) is 0 Å². The van der Waals surface area contributed by atoms with Crippen molar-refractivity contribution < 1.29 is 9.66 Å². The van der Waals surface area contributed by atoms with Crippen LogP contribution < -0.4 is 11.1 Å². The van der Waals surface area contributed by atoms with Crippen molar-refractivity contribution in [3.63, 3.8) is 0 Å². The lowest BCUT2D eigenvalue weighted by Crippen LogP contribution is -2.26. The molecule has 1 atom stereocenters. The Kier molecular flexibility index (Phi) is 3.89. The molecule has 3 rings (SSSR count). The molecule has 1 aromatic heterocycles. The molecule has 0 saturated heterocycles. The standard InChI is InChI=1S/C16H14N2O4S/c1-10-2-4-11(5-3-10)8-12-6-7-13(14(19)9-12)18-16(21)15(20)17-23(18)22/h2-7,9,19H,8H2,1H3,(H,17,20). The third kappa shape index (κ3) is 2.96. The van der Waals surface area contributed by atoms with Crippen LogP contribution in [-0.4, -0.2) is 18.0 Å². The number of aromatic nitrogens is 2. The number of H-pyrrole nitrogens is 1. The highest BCUT2D eigenvalue weighted by Gasteiger charge is 2.18. The Morgan fingerprint density at radius 1 is 1.13 bits per heavy atom. The number of aromatic hydroxyl groups is 1. The van der Waals surface area contributed by atoms with Gasteiger partial charge < -0.3 is 9.66 Å². The third-order valence-corrected chi connectivity index (χ3v) is 4.57. The molecular weight excluding hydrogens is 316 g/mol. The lowest BCUT2D eigenvalue weighted by molar-refractivity contribution is 0.471. The maximum Gasteiger partial charge on any atom is 0.368 e. The molecule has 2 aromatic carbocycles. The maximum absolute atomic E-state index is 11.7. The van der Waals surface area contributed by atoms with Crippen molar-refractivity contribution in [2.75, 3.05) is 0 Å². The van der Waals surface area contributed by atoms with Crippen LogP contribution in [0.15, 0.2) is 52.1 Å². The van der Waals surface area contributed by atoms with Crippen LogP contribution in [-0.2, 0) is 6.42 Å². The first kappa shape index (κ1) is 15.3. The topological polar surface area (TPSA) is 98.2 Å². The van der Waals surface area contributed by atoms with Crippen molar-refractivity contribution in [3.05, 3.63) is 79.9 Å². The van der Waals surface area contributed by atoms with Crippen molar-refractivity contribution in [1.82, 2.24) is 8.33 Å². The van der Waals surface area contributed by atoms with Crippen LogP contribution in [0.2, 0.25) is 0 Å². The van der Waals surface area contributed by atoms with E-state index in [9.17, 15) is 19.2 Å². The lowest BCUT2D eigenvalue weighted by atomic mass is 10.0. The van der Waals surface area contributed by atoms with Crippen LogP contribution in [0.25, 0.3) is 5.69 Å². The number of aromatic amines is 1. The van der Waals surface area contributed by atoms with Crippen LogP contribution in [0, 0.1) is 6.92 Å². The average Bonchev–Trinajstić information content (AvgIpc) is 2.76. The molecule has 23 heavy (non-hydrogen) atoms.